The van der Waals surface area contributed by atoms with Crippen molar-refractivity contribution in [3.8, 4) is 11.7 Å². The van der Waals surface area contributed by atoms with Crippen molar-refractivity contribution in [2.75, 3.05) is 13.2 Å². The Hall–Kier alpha value is -2.27. The molecule has 1 saturated carbocycles. The second-order valence-corrected chi connectivity index (χ2v) is 14.5. The van der Waals surface area contributed by atoms with Gasteiger partial charge in [0.2, 0.25) is 0 Å². The first-order valence-corrected chi connectivity index (χ1v) is 13.4. The van der Waals surface area contributed by atoms with Gasteiger partial charge in [-0.3, -0.25) is 14.8 Å². The summed E-state index contributed by atoms with van der Waals surface area (Å²) in [7, 11) is -0.345. The lowest BCUT2D eigenvalue weighted by molar-refractivity contribution is -0.386. The van der Waals surface area contributed by atoms with Gasteiger partial charge in [0.25, 0.3) is 0 Å². The highest BCUT2D eigenvalue weighted by molar-refractivity contribution is 6.74. The summed E-state index contributed by atoms with van der Waals surface area (Å²) in [5, 5.41) is 20.5. The molecule has 31 heavy (non-hydrogen) atoms. The molecule has 2 aromatic rings. The summed E-state index contributed by atoms with van der Waals surface area (Å²) in [4.78, 5) is 11.4. The molecule has 1 aliphatic rings. The Balaban J connectivity index is 1.81. The van der Waals surface area contributed by atoms with Gasteiger partial charge in [0.15, 0.2) is 20.3 Å². The normalized spacial score (nSPS) is 15.9. The van der Waals surface area contributed by atoms with Gasteiger partial charge in [-0.1, -0.05) is 20.8 Å². The number of aryl methyl sites for hydroxylation is 2. The minimum Gasteiger partial charge on any atom is -0.469 e. The van der Waals surface area contributed by atoms with Gasteiger partial charge in [-0.2, -0.15) is 5.10 Å². The number of aromatic nitrogens is 4. The van der Waals surface area contributed by atoms with Crippen molar-refractivity contribution in [2.24, 2.45) is 7.05 Å². The smallest absolute Gasteiger partial charge is 0.354 e. The zero-order chi connectivity index (χ0) is 23.1. The van der Waals surface area contributed by atoms with E-state index in [0.29, 0.717) is 11.5 Å². The molecule has 1 atom stereocenters. The van der Waals surface area contributed by atoms with E-state index in [1.807, 2.05) is 20.0 Å². The monoisotopic (exact) mass is 453 g/mol. The molecule has 11 heteroatoms. The van der Waals surface area contributed by atoms with E-state index in [9.17, 15) is 14.5 Å². The number of rotatable bonds is 9. The molecule has 0 aromatic carbocycles. The maximum atomic E-state index is 14.6. The molecule has 3 rings (SSSR count). The van der Waals surface area contributed by atoms with E-state index in [2.05, 4.69) is 31.0 Å². The van der Waals surface area contributed by atoms with Crippen LogP contribution >= 0.6 is 0 Å². The zero-order valence-corrected chi connectivity index (χ0v) is 20.3. The van der Waals surface area contributed by atoms with E-state index >= 15 is 0 Å². The van der Waals surface area contributed by atoms with E-state index in [0.717, 1.165) is 18.5 Å². The summed E-state index contributed by atoms with van der Waals surface area (Å²) >= 11 is 0. The minimum absolute atomic E-state index is 0.0311. The fourth-order valence-electron chi connectivity index (χ4n) is 3.10. The van der Waals surface area contributed by atoms with Gasteiger partial charge < -0.3 is 9.16 Å². The molecule has 1 aliphatic carbocycles. The fraction of sp³-hybridized carbons (Fsp3) is 0.700. The Morgan fingerprint density at radius 3 is 2.45 bits per heavy atom. The molecular formula is C20H32FN5O4Si. The zero-order valence-electron chi connectivity index (χ0n) is 19.3. The van der Waals surface area contributed by atoms with Crippen LogP contribution in [-0.2, 0) is 11.5 Å². The van der Waals surface area contributed by atoms with Crippen molar-refractivity contribution in [1.82, 2.24) is 19.6 Å². The summed E-state index contributed by atoms with van der Waals surface area (Å²) in [5.41, 5.74) is 1.06. The largest absolute Gasteiger partial charge is 0.469 e. The van der Waals surface area contributed by atoms with Gasteiger partial charge in [0.05, 0.1) is 17.2 Å². The van der Waals surface area contributed by atoms with Crippen LogP contribution < -0.4 is 4.74 Å². The summed E-state index contributed by atoms with van der Waals surface area (Å²) in [6.07, 6.45) is 0.270. The first-order chi connectivity index (χ1) is 14.3. The lowest BCUT2D eigenvalue weighted by atomic mass is 10.2. The topological polar surface area (TPSA) is 97.2 Å². The number of nitro groups is 1. The van der Waals surface area contributed by atoms with Crippen molar-refractivity contribution in [1.29, 1.82) is 0 Å². The molecule has 1 unspecified atom stereocenters. The molecule has 0 spiro atoms. The van der Waals surface area contributed by atoms with Crippen molar-refractivity contribution >= 4 is 14.0 Å². The van der Waals surface area contributed by atoms with Crippen LogP contribution in [0.2, 0.25) is 18.1 Å². The van der Waals surface area contributed by atoms with Crippen LogP contribution in [0.5, 0.6) is 5.88 Å². The highest BCUT2D eigenvalue weighted by Crippen LogP contribution is 2.48. The van der Waals surface area contributed by atoms with Crippen molar-refractivity contribution in [2.45, 2.75) is 70.8 Å². The molecule has 1 fully saturated rings. The Morgan fingerprint density at radius 2 is 1.97 bits per heavy atom. The molecule has 2 aromatic heterocycles. The van der Waals surface area contributed by atoms with Crippen LogP contribution in [0.15, 0.2) is 6.07 Å². The summed E-state index contributed by atoms with van der Waals surface area (Å²) < 4.78 is 29.1. The number of nitrogens with zero attached hydrogens (tertiary/aromatic N) is 5. The Bertz CT molecular complexity index is 962. The minimum atomic E-state index is -2.10. The van der Waals surface area contributed by atoms with Gasteiger partial charge in [-0.25, -0.2) is 9.07 Å². The van der Waals surface area contributed by atoms with Crippen molar-refractivity contribution in [3.05, 3.63) is 27.6 Å². The number of hydrogen-bond donors (Lipinski definition) is 0. The van der Waals surface area contributed by atoms with E-state index < -0.39 is 19.4 Å². The van der Waals surface area contributed by atoms with Crippen LogP contribution in [0.25, 0.3) is 5.82 Å². The maximum Gasteiger partial charge on any atom is 0.354 e. The Kier molecular flexibility index (Phi) is 6.29. The molecule has 172 valence electrons. The van der Waals surface area contributed by atoms with Crippen LogP contribution in [-0.4, -0.2) is 52.2 Å². The summed E-state index contributed by atoms with van der Waals surface area (Å²) in [5.74, 6) is 0.472. The van der Waals surface area contributed by atoms with E-state index in [1.165, 1.54) is 4.68 Å². The highest BCUT2D eigenvalue weighted by atomic mass is 28.4. The summed E-state index contributed by atoms with van der Waals surface area (Å²) in [6, 6.07) is 1.80. The Labute approximate surface area is 182 Å². The van der Waals surface area contributed by atoms with E-state index in [1.54, 1.807) is 17.8 Å². The van der Waals surface area contributed by atoms with Crippen LogP contribution in [0.1, 0.15) is 50.9 Å². The third-order valence-corrected chi connectivity index (χ3v) is 10.5. The molecule has 0 aliphatic heterocycles. The van der Waals surface area contributed by atoms with Crippen LogP contribution in [0.3, 0.4) is 0 Å². The van der Waals surface area contributed by atoms with Crippen LogP contribution in [0, 0.1) is 17.0 Å². The van der Waals surface area contributed by atoms with Gasteiger partial charge in [-0.15, -0.1) is 5.10 Å². The second-order valence-electron chi connectivity index (χ2n) is 9.73. The average Bonchev–Trinajstić information content (AvgIpc) is 3.33. The fourth-order valence-corrected chi connectivity index (χ4v) is 4.13. The number of hydrogen-bond acceptors (Lipinski definition) is 6. The molecule has 2 heterocycles. The molecular weight excluding hydrogens is 421 g/mol. The second kappa shape index (κ2) is 8.34. The Morgan fingerprint density at radius 1 is 1.32 bits per heavy atom. The third kappa shape index (κ3) is 4.98. The molecule has 9 nitrogen and oxygen atoms in total. The molecule has 0 N–H and O–H groups in total. The van der Waals surface area contributed by atoms with Gasteiger partial charge >= 0.3 is 11.6 Å². The summed E-state index contributed by atoms with van der Waals surface area (Å²) in [6.45, 7) is 11.7. The molecule has 0 bridgehead atoms. The maximum absolute atomic E-state index is 14.6. The van der Waals surface area contributed by atoms with Gasteiger partial charge in [0.1, 0.15) is 12.3 Å². The average molecular weight is 454 g/mol. The number of alkyl halides is 1. The highest BCUT2D eigenvalue weighted by Gasteiger charge is 2.41. The van der Waals surface area contributed by atoms with E-state index in [-0.39, 0.29) is 35.7 Å². The number of halogens is 1. The first kappa shape index (κ1) is 23.4. The lowest BCUT2D eigenvalue weighted by Crippen LogP contribution is -2.42. The SMILES string of the molecule is Cc1cc(-n2nc(OCC(F)CO[Si](C)(C)C(C)(C)C)c([N+](=O)[O-])c2C2CC2)n(C)n1. The predicted octanol–water partition coefficient (Wildman–Crippen LogP) is 4.44. The quantitative estimate of drug-likeness (QED) is 0.316. The van der Waals surface area contributed by atoms with Crippen molar-refractivity contribution < 1.29 is 18.5 Å². The standard InChI is InChI=1S/C20H32FN5O4Si/c1-13-10-16(24(5)22-13)25-17(14-8-9-14)18(26(27)28)19(23-25)29-11-15(21)12-30-31(6,7)20(2,3)4/h10,14-15H,8-9,11-12H2,1-7H3. The first-order valence-electron chi connectivity index (χ1n) is 10.5. The van der Waals surface area contributed by atoms with Gasteiger partial charge in [0, 0.05) is 19.0 Å². The molecule has 0 radical (unpaired) electrons. The van der Waals surface area contributed by atoms with E-state index in [4.69, 9.17) is 9.16 Å². The predicted molar refractivity (Wildman–Crippen MR) is 117 cm³/mol. The number of ether oxygens (including phenoxy) is 1. The van der Waals surface area contributed by atoms with Crippen LogP contribution in [0.4, 0.5) is 10.1 Å². The molecule has 0 amide bonds. The lowest BCUT2D eigenvalue weighted by Gasteiger charge is -2.36. The third-order valence-electron chi connectivity index (χ3n) is 6.04. The van der Waals surface area contributed by atoms with Crippen molar-refractivity contribution in [3.63, 3.8) is 0 Å². The molecule has 0 saturated heterocycles. The van der Waals surface area contributed by atoms with Gasteiger partial charge in [-0.05, 0) is 37.9 Å².